The molecular formula is C5H11OTi. The van der Waals surface area contributed by atoms with Gasteiger partial charge >= 0.3 is 53.4 Å². The van der Waals surface area contributed by atoms with Crippen LogP contribution < -0.4 is 0 Å². The average molecular weight is 135 g/mol. The molecular weight excluding hydrogens is 124 g/mol. The van der Waals surface area contributed by atoms with E-state index in [4.69, 9.17) is 0 Å². The van der Waals surface area contributed by atoms with Gasteiger partial charge in [0.2, 0.25) is 0 Å². The van der Waals surface area contributed by atoms with E-state index in [2.05, 4.69) is 6.92 Å². The summed E-state index contributed by atoms with van der Waals surface area (Å²) in [6.07, 6.45) is 3.68. The van der Waals surface area contributed by atoms with Crippen LogP contribution in [0.3, 0.4) is 0 Å². The number of rotatable bonds is 4. The fourth-order valence-corrected chi connectivity index (χ4v) is 1.06. The molecule has 0 unspecified atom stereocenters. The third-order valence-corrected chi connectivity index (χ3v) is 1.75. The summed E-state index contributed by atoms with van der Waals surface area (Å²) in [7, 11) is 0. The molecule has 0 aliphatic heterocycles. The van der Waals surface area contributed by atoms with Crippen molar-refractivity contribution in [2.24, 2.45) is 0 Å². The van der Waals surface area contributed by atoms with Crippen molar-refractivity contribution in [1.82, 2.24) is 0 Å². The van der Waals surface area contributed by atoms with Crippen LogP contribution in [0, 0.1) is 0 Å². The zero-order valence-electron chi connectivity index (χ0n) is 4.74. The second-order valence-electron chi connectivity index (χ2n) is 1.60. The molecule has 0 saturated heterocycles. The molecule has 41 valence electrons. The molecule has 0 spiro atoms. The van der Waals surface area contributed by atoms with E-state index in [0.29, 0.717) is 0 Å². The van der Waals surface area contributed by atoms with Crippen molar-refractivity contribution >= 4 is 0 Å². The Morgan fingerprint density at radius 2 is 2.14 bits per heavy atom. The molecule has 0 atom stereocenters. The quantitative estimate of drug-likeness (QED) is 0.425. The SMILES string of the molecule is CCCC[CH2][Ti]=[O]. The summed E-state index contributed by atoms with van der Waals surface area (Å²) in [5, 5.41) is 0. The van der Waals surface area contributed by atoms with Gasteiger partial charge in [0.05, 0.1) is 0 Å². The predicted octanol–water partition coefficient (Wildman–Crippen LogP) is 2.02. The van der Waals surface area contributed by atoms with Gasteiger partial charge in [-0.15, -0.1) is 0 Å². The first-order chi connectivity index (χ1) is 3.41. The first kappa shape index (κ1) is 7.51. The zero-order chi connectivity index (χ0) is 5.54. The van der Waals surface area contributed by atoms with Crippen LogP contribution in [0.1, 0.15) is 26.2 Å². The van der Waals surface area contributed by atoms with Gasteiger partial charge in [0.15, 0.2) is 0 Å². The van der Waals surface area contributed by atoms with Gasteiger partial charge in [-0.3, -0.25) is 0 Å². The van der Waals surface area contributed by atoms with Crippen molar-refractivity contribution in [3.05, 3.63) is 0 Å². The zero-order valence-corrected chi connectivity index (χ0v) is 6.30. The predicted molar refractivity (Wildman–Crippen MR) is 25.0 cm³/mol. The van der Waals surface area contributed by atoms with Crippen molar-refractivity contribution in [2.75, 3.05) is 0 Å². The van der Waals surface area contributed by atoms with Gasteiger partial charge in [-0.25, -0.2) is 0 Å². The molecule has 0 N–H and O–H groups in total. The maximum atomic E-state index is 9.93. The molecule has 0 aliphatic carbocycles. The fourth-order valence-electron chi connectivity index (χ4n) is 0.447. The van der Waals surface area contributed by atoms with Gasteiger partial charge < -0.3 is 0 Å². The van der Waals surface area contributed by atoms with Crippen molar-refractivity contribution in [2.45, 2.75) is 30.9 Å². The molecule has 0 saturated carbocycles. The third kappa shape index (κ3) is 6.51. The Bertz CT molecular complexity index is 45.3. The van der Waals surface area contributed by atoms with Gasteiger partial charge in [-0.1, -0.05) is 0 Å². The molecule has 0 rings (SSSR count). The minimum atomic E-state index is -0.760. The van der Waals surface area contributed by atoms with E-state index in [-0.39, 0.29) is 0 Å². The summed E-state index contributed by atoms with van der Waals surface area (Å²) in [6.45, 7) is 2.16. The Morgan fingerprint density at radius 3 is 2.57 bits per heavy atom. The summed E-state index contributed by atoms with van der Waals surface area (Å²) in [6, 6.07) is 0. The van der Waals surface area contributed by atoms with Crippen LogP contribution in [0.2, 0.25) is 4.73 Å². The summed E-state index contributed by atoms with van der Waals surface area (Å²) in [5.41, 5.74) is 0. The van der Waals surface area contributed by atoms with Crippen LogP contribution in [-0.2, 0) is 22.4 Å². The van der Waals surface area contributed by atoms with Crippen molar-refractivity contribution in [1.29, 1.82) is 0 Å². The van der Waals surface area contributed by atoms with Gasteiger partial charge in [0.1, 0.15) is 0 Å². The van der Waals surface area contributed by atoms with E-state index >= 15 is 0 Å². The van der Waals surface area contributed by atoms with Gasteiger partial charge in [0.25, 0.3) is 0 Å². The van der Waals surface area contributed by atoms with Crippen molar-refractivity contribution < 1.29 is 22.4 Å². The fraction of sp³-hybridized carbons (Fsp3) is 1.00. The maximum absolute atomic E-state index is 9.93. The van der Waals surface area contributed by atoms with E-state index in [1.807, 2.05) is 0 Å². The minimum absolute atomic E-state index is 0.760. The van der Waals surface area contributed by atoms with Crippen LogP contribution >= 0.6 is 0 Å². The standard InChI is InChI=1S/C5H11.O.Ti/c1-3-5-4-2;;/h1,3-5H2,2H3;;. The Balaban J connectivity index is 2.56. The van der Waals surface area contributed by atoms with E-state index in [0.717, 1.165) is 4.73 Å². The van der Waals surface area contributed by atoms with Crippen LogP contribution in [-0.4, -0.2) is 0 Å². The Morgan fingerprint density at radius 1 is 1.43 bits per heavy atom. The van der Waals surface area contributed by atoms with Crippen LogP contribution in [0.15, 0.2) is 0 Å². The molecule has 0 amide bonds. The normalized spacial score (nSPS) is 8.14. The topological polar surface area (TPSA) is 17.1 Å². The van der Waals surface area contributed by atoms with Gasteiger partial charge in [0, 0.05) is 0 Å². The van der Waals surface area contributed by atoms with E-state index < -0.39 is 19.1 Å². The molecule has 0 bridgehead atoms. The molecule has 0 fully saturated rings. The summed E-state index contributed by atoms with van der Waals surface area (Å²) in [5.74, 6) is 0. The molecule has 7 heavy (non-hydrogen) atoms. The van der Waals surface area contributed by atoms with E-state index in [1.165, 1.54) is 19.3 Å². The average Bonchev–Trinajstić information content (AvgIpc) is 1.69. The third-order valence-electron chi connectivity index (χ3n) is 0.882. The van der Waals surface area contributed by atoms with Crippen molar-refractivity contribution in [3.63, 3.8) is 0 Å². The summed E-state index contributed by atoms with van der Waals surface area (Å²) < 4.78 is 10.9. The Kier molecular flexibility index (Phi) is 6.99. The first-order valence-electron chi connectivity index (χ1n) is 2.76. The van der Waals surface area contributed by atoms with E-state index in [9.17, 15) is 3.32 Å². The monoisotopic (exact) mass is 135 g/mol. The molecule has 0 aromatic heterocycles. The molecule has 0 aromatic rings. The first-order valence-corrected chi connectivity index (χ1v) is 4.51. The number of unbranched alkanes of at least 4 members (excludes halogenated alkanes) is 2. The summed E-state index contributed by atoms with van der Waals surface area (Å²) in [4.78, 5) is 0. The second-order valence-corrected chi connectivity index (χ2v) is 2.83. The molecule has 0 aromatic carbocycles. The molecule has 2 heteroatoms. The molecule has 0 aliphatic rings. The van der Waals surface area contributed by atoms with E-state index in [1.54, 1.807) is 0 Å². The number of hydrogen-bond donors (Lipinski definition) is 0. The van der Waals surface area contributed by atoms with Gasteiger partial charge in [-0.05, 0) is 0 Å². The second kappa shape index (κ2) is 6.51. The van der Waals surface area contributed by atoms with Crippen molar-refractivity contribution in [3.8, 4) is 0 Å². The molecule has 1 nitrogen and oxygen atoms in total. The van der Waals surface area contributed by atoms with Crippen LogP contribution in [0.4, 0.5) is 0 Å². The Hall–Kier alpha value is 0.514. The molecule has 0 radical (unpaired) electrons. The van der Waals surface area contributed by atoms with Crippen LogP contribution in [0.25, 0.3) is 0 Å². The Labute approximate surface area is 53.7 Å². The number of hydrogen-bond acceptors (Lipinski definition) is 1. The molecule has 0 heterocycles. The summed E-state index contributed by atoms with van der Waals surface area (Å²) >= 11 is -0.760. The van der Waals surface area contributed by atoms with Gasteiger partial charge in [-0.2, -0.15) is 0 Å². The van der Waals surface area contributed by atoms with Crippen LogP contribution in [0.5, 0.6) is 0 Å².